The Kier molecular flexibility index (Phi) is 9.99. The molecule has 0 atom stereocenters. The molecule has 1 heterocycles. The van der Waals surface area contributed by atoms with Crippen molar-refractivity contribution >= 4 is 29.9 Å². The molecule has 0 bridgehead atoms. The zero-order valence-corrected chi connectivity index (χ0v) is 18.7. The minimum absolute atomic E-state index is 0. The molecule has 0 aliphatic rings. The highest BCUT2D eigenvalue weighted by Crippen LogP contribution is 2.21. The third-order valence-corrected chi connectivity index (χ3v) is 3.83. The Morgan fingerprint density at radius 1 is 1.17 bits per heavy atom. The van der Waals surface area contributed by atoms with Crippen LogP contribution in [0, 0.1) is 0 Å². The fourth-order valence-corrected chi connectivity index (χ4v) is 2.56. The summed E-state index contributed by atoms with van der Waals surface area (Å²) in [5.41, 5.74) is 1.48. The van der Waals surface area contributed by atoms with Gasteiger partial charge in [0.2, 0.25) is 5.88 Å². The van der Waals surface area contributed by atoms with Crippen LogP contribution >= 0.6 is 24.0 Å². The number of nitrogens with one attached hydrogen (secondary N) is 1. The number of alkyl halides is 3. The second-order valence-electron chi connectivity index (χ2n) is 5.94. The molecule has 0 saturated carbocycles. The lowest BCUT2D eigenvalue weighted by Gasteiger charge is -2.23. The van der Waals surface area contributed by atoms with E-state index in [1.54, 1.807) is 26.3 Å². The highest BCUT2D eigenvalue weighted by Gasteiger charge is 2.29. The average molecular weight is 524 g/mol. The van der Waals surface area contributed by atoms with E-state index < -0.39 is 12.8 Å². The predicted molar refractivity (Wildman–Crippen MR) is 116 cm³/mol. The van der Waals surface area contributed by atoms with Crippen molar-refractivity contribution in [3.8, 4) is 11.6 Å². The molecule has 0 spiro atoms. The Hall–Kier alpha value is -2.24. The number of benzene rings is 1. The molecule has 0 amide bonds. The summed E-state index contributed by atoms with van der Waals surface area (Å²) >= 11 is 0. The number of nitrogens with zero attached hydrogens (tertiary/aromatic N) is 3. The summed E-state index contributed by atoms with van der Waals surface area (Å²) in [6.45, 7) is -0.641. The molecule has 1 aromatic carbocycles. The van der Waals surface area contributed by atoms with E-state index in [4.69, 9.17) is 9.47 Å². The van der Waals surface area contributed by atoms with Crippen LogP contribution in [0.1, 0.15) is 11.1 Å². The maximum atomic E-state index is 12.4. The zero-order chi connectivity index (χ0) is 20.6. The minimum Gasteiger partial charge on any atom is -0.496 e. The van der Waals surface area contributed by atoms with Crippen molar-refractivity contribution < 1.29 is 22.6 Å². The number of aromatic nitrogens is 1. The molecule has 2 rings (SSSR count). The average Bonchev–Trinajstić information content (AvgIpc) is 2.67. The van der Waals surface area contributed by atoms with Crippen LogP contribution in [0.5, 0.6) is 11.6 Å². The van der Waals surface area contributed by atoms with Crippen LogP contribution in [0.15, 0.2) is 47.6 Å². The SMILES string of the molecule is CN=C(NCc1cccnc1OCC(F)(F)F)N(C)Cc1ccccc1OC.I. The first-order valence-electron chi connectivity index (χ1n) is 8.51. The molecular weight excluding hydrogens is 500 g/mol. The van der Waals surface area contributed by atoms with E-state index in [0.717, 1.165) is 11.3 Å². The number of ether oxygens (including phenoxy) is 2. The molecule has 0 radical (unpaired) electrons. The standard InChI is InChI=1S/C19H23F3N4O2.HI/c1-23-18(26(2)12-15-7-4-5-9-16(15)27-3)25-11-14-8-6-10-24-17(14)28-13-19(20,21)22;/h4-10H,11-13H2,1-3H3,(H,23,25);1H. The lowest BCUT2D eigenvalue weighted by atomic mass is 10.2. The van der Waals surface area contributed by atoms with Gasteiger partial charge < -0.3 is 19.7 Å². The second kappa shape index (κ2) is 11.7. The van der Waals surface area contributed by atoms with Gasteiger partial charge in [0.15, 0.2) is 12.6 Å². The lowest BCUT2D eigenvalue weighted by Crippen LogP contribution is -2.38. The highest BCUT2D eigenvalue weighted by atomic mass is 127. The first-order chi connectivity index (χ1) is 13.3. The molecule has 0 saturated heterocycles. The lowest BCUT2D eigenvalue weighted by molar-refractivity contribution is -0.154. The van der Waals surface area contributed by atoms with Gasteiger partial charge in [0.25, 0.3) is 0 Å². The number of methoxy groups -OCH3 is 1. The van der Waals surface area contributed by atoms with Crippen molar-refractivity contribution in [3.05, 3.63) is 53.7 Å². The summed E-state index contributed by atoms with van der Waals surface area (Å²) < 4.78 is 47.4. The van der Waals surface area contributed by atoms with Crippen LogP contribution < -0.4 is 14.8 Å². The van der Waals surface area contributed by atoms with Gasteiger partial charge in [-0.05, 0) is 12.1 Å². The number of rotatable bonds is 7. The van der Waals surface area contributed by atoms with Crippen molar-refractivity contribution in [3.63, 3.8) is 0 Å². The normalized spacial score (nSPS) is 11.4. The van der Waals surface area contributed by atoms with Crippen molar-refractivity contribution in [1.29, 1.82) is 0 Å². The van der Waals surface area contributed by atoms with Gasteiger partial charge in [-0.25, -0.2) is 4.98 Å². The maximum Gasteiger partial charge on any atom is 0.422 e. The Morgan fingerprint density at radius 3 is 2.52 bits per heavy atom. The van der Waals surface area contributed by atoms with E-state index in [2.05, 4.69) is 15.3 Å². The number of halogens is 4. The molecule has 1 N–H and O–H groups in total. The molecule has 160 valence electrons. The van der Waals surface area contributed by atoms with E-state index in [9.17, 15) is 13.2 Å². The first-order valence-corrected chi connectivity index (χ1v) is 8.51. The van der Waals surface area contributed by atoms with E-state index in [1.807, 2.05) is 36.2 Å². The minimum atomic E-state index is -4.42. The Balaban J connectivity index is 0.00000420. The number of aliphatic imine (C=N–C) groups is 1. The fraction of sp³-hybridized carbons (Fsp3) is 0.368. The Bertz CT molecular complexity index is 803. The van der Waals surface area contributed by atoms with Crippen molar-refractivity contribution in [1.82, 2.24) is 15.2 Å². The summed E-state index contributed by atoms with van der Waals surface area (Å²) in [5, 5.41) is 3.11. The third kappa shape index (κ3) is 7.95. The molecule has 0 fully saturated rings. The number of hydrogen-bond acceptors (Lipinski definition) is 4. The monoisotopic (exact) mass is 524 g/mol. The summed E-state index contributed by atoms with van der Waals surface area (Å²) in [5.74, 6) is 1.27. The van der Waals surface area contributed by atoms with Gasteiger partial charge in [-0.15, -0.1) is 24.0 Å². The van der Waals surface area contributed by atoms with Crippen LogP contribution in [-0.4, -0.2) is 49.8 Å². The molecule has 29 heavy (non-hydrogen) atoms. The van der Waals surface area contributed by atoms with E-state index >= 15 is 0 Å². The number of guanidine groups is 1. The van der Waals surface area contributed by atoms with E-state index in [1.165, 1.54) is 6.20 Å². The van der Waals surface area contributed by atoms with Crippen molar-refractivity contribution in [2.24, 2.45) is 4.99 Å². The largest absolute Gasteiger partial charge is 0.496 e. The molecule has 10 heteroatoms. The van der Waals surface area contributed by atoms with E-state index in [0.29, 0.717) is 18.1 Å². The van der Waals surface area contributed by atoms with E-state index in [-0.39, 0.29) is 36.4 Å². The van der Waals surface area contributed by atoms with Gasteiger partial charge in [0, 0.05) is 44.5 Å². The number of hydrogen-bond donors (Lipinski definition) is 1. The summed E-state index contributed by atoms with van der Waals surface area (Å²) in [4.78, 5) is 9.99. The highest BCUT2D eigenvalue weighted by molar-refractivity contribution is 14.0. The molecule has 1 aromatic heterocycles. The predicted octanol–water partition coefficient (Wildman–Crippen LogP) is 3.86. The molecule has 2 aromatic rings. The molecule has 0 aliphatic carbocycles. The molecule has 0 aliphatic heterocycles. The van der Waals surface area contributed by atoms with Crippen LogP contribution in [-0.2, 0) is 13.1 Å². The van der Waals surface area contributed by atoms with Crippen LogP contribution in [0.2, 0.25) is 0 Å². The second-order valence-corrected chi connectivity index (χ2v) is 5.94. The summed E-state index contributed by atoms with van der Waals surface area (Å²) in [6, 6.07) is 10.9. The van der Waals surface area contributed by atoms with Crippen LogP contribution in [0.25, 0.3) is 0 Å². The molecular formula is C19H24F3IN4O2. The Morgan fingerprint density at radius 2 is 1.86 bits per heavy atom. The quantitative estimate of drug-likeness (QED) is 0.339. The van der Waals surface area contributed by atoms with Crippen molar-refractivity contribution in [2.45, 2.75) is 19.3 Å². The van der Waals surface area contributed by atoms with Gasteiger partial charge in [-0.1, -0.05) is 24.3 Å². The first kappa shape index (κ1) is 24.8. The van der Waals surface area contributed by atoms with Crippen LogP contribution in [0.3, 0.4) is 0 Å². The van der Waals surface area contributed by atoms with Crippen molar-refractivity contribution in [2.75, 3.05) is 27.8 Å². The topological polar surface area (TPSA) is 59.0 Å². The Labute approximate surface area is 185 Å². The van der Waals surface area contributed by atoms with Gasteiger partial charge in [0.1, 0.15) is 5.75 Å². The zero-order valence-electron chi connectivity index (χ0n) is 16.4. The number of para-hydroxylation sites is 1. The van der Waals surface area contributed by atoms with Gasteiger partial charge in [-0.3, -0.25) is 4.99 Å². The fourth-order valence-electron chi connectivity index (χ4n) is 2.56. The number of pyridine rings is 1. The third-order valence-electron chi connectivity index (χ3n) is 3.83. The summed E-state index contributed by atoms with van der Waals surface area (Å²) in [7, 11) is 5.09. The molecule has 6 nitrogen and oxygen atoms in total. The maximum absolute atomic E-state index is 12.4. The summed E-state index contributed by atoms with van der Waals surface area (Å²) in [6.07, 6.45) is -3.04. The molecule has 0 unspecified atom stereocenters. The van der Waals surface area contributed by atoms with Gasteiger partial charge in [-0.2, -0.15) is 13.2 Å². The smallest absolute Gasteiger partial charge is 0.422 e. The van der Waals surface area contributed by atoms with Crippen LogP contribution in [0.4, 0.5) is 13.2 Å². The van der Waals surface area contributed by atoms with Gasteiger partial charge >= 0.3 is 6.18 Å². The van der Waals surface area contributed by atoms with Gasteiger partial charge in [0.05, 0.1) is 7.11 Å².